The van der Waals surface area contributed by atoms with Gasteiger partial charge in [0.25, 0.3) is 0 Å². The average Bonchev–Trinajstić information content (AvgIpc) is 2.72. The Morgan fingerprint density at radius 2 is 1.22 bits per heavy atom. The molecule has 136 valence electrons. The number of Topliss-reactive ketones (excluding diaryl/α,β-unsaturated/α-hetero) is 2. The van der Waals surface area contributed by atoms with Crippen molar-refractivity contribution in [2.45, 2.75) is 32.1 Å². The fourth-order valence-electron chi connectivity index (χ4n) is 3.26. The summed E-state index contributed by atoms with van der Waals surface area (Å²) in [6.07, 6.45) is 1.51. The third-order valence-electron chi connectivity index (χ3n) is 4.89. The number of aryl methyl sites for hydroxylation is 1. The van der Waals surface area contributed by atoms with Gasteiger partial charge in [0.1, 0.15) is 0 Å². The lowest BCUT2D eigenvalue weighted by Gasteiger charge is -2.17. The molecule has 0 fully saturated rings. The number of hydrogen-bond donors (Lipinski definition) is 0. The van der Waals surface area contributed by atoms with Crippen LogP contribution in [-0.4, -0.2) is 11.6 Å². The van der Waals surface area contributed by atoms with Crippen molar-refractivity contribution < 1.29 is 9.59 Å². The highest BCUT2D eigenvalue weighted by Crippen LogP contribution is 2.28. The highest BCUT2D eigenvalue weighted by molar-refractivity contribution is 5.97. The van der Waals surface area contributed by atoms with Crippen molar-refractivity contribution in [1.82, 2.24) is 0 Å². The van der Waals surface area contributed by atoms with Crippen molar-refractivity contribution in [2.24, 2.45) is 0 Å². The molecule has 0 bridgehead atoms. The van der Waals surface area contributed by atoms with E-state index in [1.165, 1.54) is 5.56 Å². The first-order valence-corrected chi connectivity index (χ1v) is 9.36. The van der Waals surface area contributed by atoms with Crippen molar-refractivity contribution in [1.29, 1.82) is 0 Å². The summed E-state index contributed by atoms with van der Waals surface area (Å²) in [7, 11) is 0. The van der Waals surface area contributed by atoms with Gasteiger partial charge in [-0.2, -0.15) is 0 Å². The van der Waals surface area contributed by atoms with Gasteiger partial charge >= 0.3 is 0 Å². The van der Waals surface area contributed by atoms with Gasteiger partial charge in [0.05, 0.1) is 0 Å². The Morgan fingerprint density at radius 1 is 0.704 bits per heavy atom. The summed E-state index contributed by atoms with van der Waals surface area (Å²) < 4.78 is 0. The maximum absolute atomic E-state index is 12.7. The Morgan fingerprint density at radius 3 is 1.78 bits per heavy atom. The largest absolute Gasteiger partial charge is 0.294 e. The SMILES string of the molecule is Cc1ccc(C(CCC(=O)c2ccccc2)CC(=O)c2ccccc2)cc1. The van der Waals surface area contributed by atoms with Crippen LogP contribution in [0.15, 0.2) is 84.9 Å². The van der Waals surface area contributed by atoms with Crippen LogP contribution in [0.5, 0.6) is 0 Å². The second kappa shape index (κ2) is 9.09. The van der Waals surface area contributed by atoms with Crippen molar-refractivity contribution >= 4 is 11.6 Å². The van der Waals surface area contributed by atoms with Crippen molar-refractivity contribution in [3.8, 4) is 0 Å². The number of ketones is 2. The normalized spacial score (nSPS) is 11.7. The van der Waals surface area contributed by atoms with Crippen LogP contribution in [0.1, 0.15) is 57.0 Å². The fourth-order valence-corrected chi connectivity index (χ4v) is 3.26. The third kappa shape index (κ3) is 5.24. The van der Waals surface area contributed by atoms with E-state index in [2.05, 4.69) is 24.3 Å². The summed E-state index contributed by atoms with van der Waals surface area (Å²) in [6.45, 7) is 2.05. The van der Waals surface area contributed by atoms with Crippen LogP contribution >= 0.6 is 0 Å². The van der Waals surface area contributed by atoms with Gasteiger partial charge in [-0.05, 0) is 24.8 Å². The van der Waals surface area contributed by atoms with Gasteiger partial charge in [0.2, 0.25) is 0 Å². The molecule has 27 heavy (non-hydrogen) atoms. The van der Waals surface area contributed by atoms with Crippen LogP contribution in [0.2, 0.25) is 0 Å². The predicted molar refractivity (Wildman–Crippen MR) is 109 cm³/mol. The van der Waals surface area contributed by atoms with Crippen LogP contribution < -0.4 is 0 Å². The minimum atomic E-state index is 0.0333. The van der Waals surface area contributed by atoms with Crippen LogP contribution in [0.25, 0.3) is 0 Å². The van der Waals surface area contributed by atoms with E-state index < -0.39 is 0 Å². The first-order chi connectivity index (χ1) is 13.1. The highest BCUT2D eigenvalue weighted by Gasteiger charge is 2.19. The second-order valence-electron chi connectivity index (χ2n) is 6.93. The van der Waals surface area contributed by atoms with Crippen LogP contribution in [0, 0.1) is 6.92 Å². The van der Waals surface area contributed by atoms with Crippen molar-refractivity contribution in [3.63, 3.8) is 0 Å². The molecule has 0 amide bonds. The molecule has 0 aromatic heterocycles. The lowest BCUT2D eigenvalue weighted by molar-refractivity contribution is 0.0946. The molecule has 0 heterocycles. The molecule has 1 atom stereocenters. The third-order valence-corrected chi connectivity index (χ3v) is 4.89. The predicted octanol–water partition coefficient (Wildman–Crippen LogP) is 6.01. The maximum atomic E-state index is 12.7. The van der Waals surface area contributed by atoms with E-state index in [9.17, 15) is 9.59 Å². The molecule has 0 aliphatic heterocycles. The van der Waals surface area contributed by atoms with E-state index in [-0.39, 0.29) is 17.5 Å². The standard InChI is InChI=1S/C25H24O2/c1-19-12-14-20(15-13-19)23(18-25(27)22-10-6-3-7-11-22)16-17-24(26)21-8-4-2-5-9-21/h2-15,23H,16-18H2,1H3. The van der Waals surface area contributed by atoms with Gasteiger partial charge in [-0.3, -0.25) is 9.59 Å². The first-order valence-electron chi connectivity index (χ1n) is 9.36. The van der Waals surface area contributed by atoms with Gasteiger partial charge in [-0.1, -0.05) is 90.5 Å². The second-order valence-corrected chi connectivity index (χ2v) is 6.93. The fraction of sp³-hybridized carbons (Fsp3) is 0.200. The van der Waals surface area contributed by atoms with Gasteiger partial charge in [0, 0.05) is 24.0 Å². The zero-order chi connectivity index (χ0) is 19.1. The minimum absolute atomic E-state index is 0.0333. The molecule has 0 N–H and O–H groups in total. The minimum Gasteiger partial charge on any atom is -0.294 e. The molecule has 2 heteroatoms. The molecule has 3 aromatic rings. The zero-order valence-electron chi connectivity index (χ0n) is 15.6. The molecule has 3 aromatic carbocycles. The van der Waals surface area contributed by atoms with E-state index in [0.29, 0.717) is 19.3 Å². The van der Waals surface area contributed by atoms with E-state index in [0.717, 1.165) is 16.7 Å². The van der Waals surface area contributed by atoms with E-state index in [4.69, 9.17) is 0 Å². The van der Waals surface area contributed by atoms with Crippen LogP contribution in [0.4, 0.5) is 0 Å². The van der Waals surface area contributed by atoms with E-state index in [1.54, 1.807) is 0 Å². The molecule has 0 spiro atoms. The molecule has 1 unspecified atom stereocenters. The lowest BCUT2D eigenvalue weighted by atomic mass is 9.86. The van der Waals surface area contributed by atoms with Gasteiger partial charge in [-0.25, -0.2) is 0 Å². The van der Waals surface area contributed by atoms with E-state index in [1.807, 2.05) is 67.6 Å². The topological polar surface area (TPSA) is 34.1 Å². The molecule has 0 aliphatic carbocycles. The van der Waals surface area contributed by atoms with Gasteiger partial charge in [-0.15, -0.1) is 0 Å². The molecule has 2 nitrogen and oxygen atoms in total. The Kier molecular flexibility index (Phi) is 6.32. The highest BCUT2D eigenvalue weighted by atomic mass is 16.1. The summed E-state index contributed by atoms with van der Waals surface area (Å²) >= 11 is 0. The Bertz CT molecular complexity index is 881. The maximum Gasteiger partial charge on any atom is 0.163 e. The number of carbonyl (C=O) groups is 2. The summed E-state index contributed by atoms with van der Waals surface area (Å²) in [5, 5.41) is 0. The van der Waals surface area contributed by atoms with Gasteiger partial charge < -0.3 is 0 Å². The molecule has 3 rings (SSSR count). The average molecular weight is 356 g/mol. The summed E-state index contributed by atoms with van der Waals surface area (Å²) in [5.41, 5.74) is 3.76. The van der Waals surface area contributed by atoms with Crippen LogP contribution in [-0.2, 0) is 0 Å². The first kappa shape index (κ1) is 18.8. The molecular formula is C25H24O2. The molecular weight excluding hydrogens is 332 g/mol. The summed E-state index contributed by atoms with van der Waals surface area (Å²) in [6, 6.07) is 27.0. The Balaban J connectivity index is 1.74. The van der Waals surface area contributed by atoms with E-state index >= 15 is 0 Å². The van der Waals surface area contributed by atoms with Crippen LogP contribution in [0.3, 0.4) is 0 Å². The Hall–Kier alpha value is -3.00. The lowest BCUT2D eigenvalue weighted by Crippen LogP contribution is -2.10. The van der Waals surface area contributed by atoms with Gasteiger partial charge in [0.15, 0.2) is 11.6 Å². The zero-order valence-corrected chi connectivity index (χ0v) is 15.6. The Labute approximate surface area is 160 Å². The molecule has 0 saturated heterocycles. The number of benzene rings is 3. The molecule has 0 aliphatic rings. The quantitative estimate of drug-likeness (QED) is 0.463. The summed E-state index contributed by atoms with van der Waals surface area (Å²) in [5.74, 6) is 0.277. The smallest absolute Gasteiger partial charge is 0.163 e. The number of rotatable bonds is 8. The monoisotopic (exact) mass is 356 g/mol. The molecule has 0 radical (unpaired) electrons. The number of carbonyl (C=O) groups excluding carboxylic acids is 2. The van der Waals surface area contributed by atoms with Crippen molar-refractivity contribution in [3.05, 3.63) is 107 Å². The molecule has 0 saturated carbocycles. The summed E-state index contributed by atoms with van der Waals surface area (Å²) in [4.78, 5) is 25.2. The number of hydrogen-bond acceptors (Lipinski definition) is 2. The van der Waals surface area contributed by atoms with Crippen molar-refractivity contribution in [2.75, 3.05) is 0 Å².